The van der Waals surface area contributed by atoms with Crippen LogP contribution < -0.4 is 5.32 Å². The molecule has 1 aliphatic rings. The molecule has 5 heteroatoms. The van der Waals surface area contributed by atoms with Gasteiger partial charge in [-0.05, 0) is 43.5 Å². The topological polar surface area (TPSA) is 51.0 Å². The number of nitrogens with one attached hydrogen (secondary N) is 1. The van der Waals surface area contributed by atoms with Crippen molar-refractivity contribution < 1.29 is 4.52 Å². The molecule has 94 valence electrons. The second-order valence-corrected chi connectivity index (χ2v) is 5.49. The predicted molar refractivity (Wildman–Crippen MR) is 72.0 cm³/mol. The molecule has 0 unspecified atom stereocenters. The van der Waals surface area contributed by atoms with Crippen LogP contribution in [0.4, 0.5) is 0 Å². The van der Waals surface area contributed by atoms with Crippen LogP contribution in [-0.2, 0) is 6.54 Å². The van der Waals surface area contributed by atoms with E-state index in [1.807, 2.05) is 25.1 Å². The van der Waals surface area contributed by atoms with E-state index in [2.05, 4.69) is 31.4 Å². The first-order valence-corrected chi connectivity index (χ1v) is 6.84. The van der Waals surface area contributed by atoms with Crippen LogP contribution in [0.25, 0.3) is 11.5 Å². The van der Waals surface area contributed by atoms with Gasteiger partial charge in [-0.25, -0.2) is 0 Å². The van der Waals surface area contributed by atoms with Crippen molar-refractivity contribution in [3.63, 3.8) is 0 Å². The minimum Gasteiger partial charge on any atom is -0.334 e. The van der Waals surface area contributed by atoms with Gasteiger partial charge in [-0.3, -0.25) is 0 Å². The Morgan fingerprint density at radius 2 is 2.28 bits per heavy atom. The molecule has 1 aromatic carbocycles. The van der Waals surface area contributed by atoms with Gasteiger partial charge in [-0.1, -0.05) is 21.1 Å². The highest BCUT2D eigenvalue weighted by atomic mass is 79.9. The van der Waals surface area contributed by atoms with Crippen molar-refractivity contribution in [3.05, 3.63) is 34.1 Å². The molecule has 1 saturated carbocycles. The van der Waals surface area contributed by atoms with Crippen LogP contribution in [0.3, 0.4) is 0 Å². The highest BCUT2D eigenvalue weighted by molar-refractivity contribution is 9.10. The number of aryl methyl sites for hydroxylation is 1. The standard InChI is InChI=1S/C13H14BrN3O/c1-8-6-9(2-5-11(8)14)13-16-12(17-18-13)7-15-10-3-4-10/h2,5-6,10,15H,3-4,7H2,1H3. The summed E-state index contributed by atoms with van der Waals surface area (Å²) < 4.78 is 6.37. The number of benzene rings is 1. The van der Waals surface area contributed by atoms with Gasteiger partial charge >= 0.3 is 0 Å². The Kier molecular flexibility index (Phi) is 3.18. The van der Waals surface area contributed by atoms with Gasteiger partial charge < -0.3 is 9.84 Å². The number of hydrogen-bond acceptors (Lipinski definition) is 4. The van der Waals surface area contributed by atoms with E-state index in [1.165, 1.54) is 12.8 Å². The van der Waals surface area contributed by atoms with E-state index in [-0.39, 0.29) is 0 Å². The van der Waals surface area contributed by atoms with Crippen LogP contribution in [0.2, 0.25) is 0 Å². The number of hydrogen-bond donors (Lipinski definition) is 1. The lowest BCUT2D eigenvalue weighted by atomic mass is 10.1. The molecule has 0 atom stereocenters. The van der Waals surface area contributed by atoms with Gasteiger partial charge in [0, 0.05) is 16.1 Å². The van der Waals surface area contributed by atoms with E-state index in [9.17, 15) is 0 Å². The maximum Gasteiger partial charge on any atom is 0.257 e. The van der Waals surface area contributed by atoms with E-state index < -0.39 is 0 Å². The molecule has 0 amide bonds. The average molecular weight is 308 g/mol. The lowest BCUT2D eigenvalue weighted by molar-refractivity contribution is 0.419. The second-order valence-electron chi connectivity index (χ2n) is 4.63. The molecular weight excluding hydrogens is 294 g/mol. The zero-order valence-corrected chi connectivity index (χ0v) is 11.7. The molecule has 1 N–H and O–H groups in total. The van der Waals surface area contributed by atoms with Crippen molar-refractivity contribution >= 4 is 15.9 Å². The van der Waals surface area contributed by atoms with Crippen molar-refractivity contribution in [1.29, 1.82) is 0 Å². The maximum absolute atomic E-state index is 5.28. The molecule has 1 aromatic heterocycles. The molecule has 0 aliphatic heterocycles. The fraction of sp³-hybridized carbons (Fsp3) is 0.385. The summed E-state index contributed by atoms with van der Waals surface area (Å²) in [5.74, 6) is 1.30. The van der Waals surface area contributed by atoms with Crippen LogP contribution in [0.1, 0.15) is 24.2 Å². The molecular formula is C13H14BrN3O. The summed E-state index contributed by atoms with van der Waals surface area (Å²) in [6.45, 7) is 2.73. The van der Waals surface area contributed by atoms with Crippen molar-refractivity contribution in [1.82, 2.24) is 15.5 Å². The third-order valence-corrected chi connectivity index (χ3v) is 3.89. The Bertz CT molecular complexity index is 563. The molecule has 3 rings (SSSR count). The molecule has 0 spiro atoms. The zero-order chi connectivity index (χ0) is 12.5. The minimum atomic E-state index is 0.582. The smallest absolute Gasteiger partial charge is 0.257 e. The molecule has 1 fully saturated rings. The van der Waals surface area contributed by atoms with Crippen LogP contribution in [0.5, 0.6) is 0 Å². The molecule has 0 bridgehead atoms. The summed E-state index contributed by atoms with van der Waals surface area (Å²) in [6.07, 6.45) is 2.52. The van der Waals surface area contributed by atoms with E-state index >= 15 is 0 Å². The Morgan fingerprint density at radius 3 is 3.00 bits per heavy atom. The Balaban J connectivity index is 1.76. The van der Waals surface area contributed by atoms with Crippen molar-refractivity contribution in [2.45, 2.75) is 32.4 Å². The highest BCUT2D eigenvalue weighted by Gasteiger charge is 2.21. The van der Waals surface area contributed by atoms with Crippen LogP contribution in [-0.4, -0.2) is 16.2 Å². The van der Waals surface area contributed by atoms with Gasteiger partial charge in [0.1, 0.15) is 0 Å². The minimum absolute atomic E-state index is 0.582. The second kappa shape index (κ2) is 4.82. The van der Waals surface area contributed by atoms with E-state index in [1.54, 1.807) is 0 Å². The monoisotopic (exact) mass is 307 g/mol. The van der Waals surface area contributed by atoms with Crippen LogP contribution >= 0.6 is 15.9 Å². The molecule has 1 heterocycles. The number of halogens is 1. The van der Waals surface area contributed by atoms with Gasteiger partial charge in [0.25, 0.3) is 5.89 Å². The molecule has 1 aliphatic carbocycles. The maximum atomic E-state index is 5.28. The van der Waals surface area contributed by atoms with E-state index in [0.717, 1.165) is 21.4 Å². The quantitative estimate of drug-likeness (QED) is 0.943. The average Bonchev–Trinajstić information content (AvgIpc) is 3.08. The first-order valence-electron chi connectivity index (χ1n) is 6.05. The van der Waals surface area contributed by atoms with E-state index in [0.29, 0.717) is 18.5 Å². The van der Waals surface area contributed by atoms with Crippen molar-refractivity contribution in [3.8, 4) is 11.5 Å². The summed E-state index contributed by atoms with van der Waals surface area (Å²) in [4.78, 5) is 4.40. The molecule has 18 heavy (non-hydrogen) atoms. The van der Waals surface area contributed by atoms with Crippen LogP contribution in [0.15, 0.2) is 27.2 Å². The Hall–Kier alpha value is -1.20. The largest absolute Gasteiger partial charge is 0.334 e. The lowest BCUT2D eigenvalue weighted by Crippen LogP contribution is -2.16. The fourth-order valence-corrected chi connectivity index (χ4v) is 1.99. The Morgan fingerprint density at radius 1 is 1.44 bits per heavy atom. The third kappa shape index (κ3) is 2.62. The predicted octanol–water partition coefficient (Wildman–Crippen LogP) is 3.06. The van der Waals surface area contributed by atoms with Gasteiger partial charge in [0.05, 0.1) is 6.54 Å². The first-order chi connectivity index (χ1) is 8.72. The molecule has 4 nitrogen and oxygen atoms in total. The van der Waals surface area contributed by atoms with Gasteiger partial charge in [0.15, 0.2) is 5.82 Å². The Labute approximate surface area is 114 Å². The summed E-state index contributed by atoms with van der Waals surface area (Å²) in [5.41, 5.74) is 2.12. The van der Waals surface area contributed by atoms with Crippen LogP contribution in [0, 0.1) is 6.92 Å². The SMILES string of the molecule is Cc1cc(-c2nc(CNC3CC3)no2)ccc1Br. The molecule has 0 radical (unpaired) electrons. The summed E-state index contributed by atoms with van der Waals surface area (Å²) >= 11 is 3.48. The molecule has 2 aromatic rings. The first kappa shape index (κ1) is 11.9. The zero-order valence-electron chi connectivity index (χ0n) is 10.1. The fourth-order valence-electron chi connectivity index (χ4n) is 1.74. The van der Waals surface area contributed by atoms with E-state index in [4.69, 9.17) is 4.52 Å². The normalized spacial score (nSPS) is 15.0. The summed E-state index contributed by atoms with van der Waals surface area (Å²) in [5, 5.41) is 7.35. The van der Waals surface area contributed by atoms with Gasteiger partial charge in [-0.2, -0.15) is 4.98 Å². The number of rotatable bonds is 4. The van der Waals surface area contributed by atoms with Crippen molar-refractivity contribution in [2.75, 3.05) is 0 Å². The van der Waals surface area contributed by atoms with Crippen molar-refractivity contribution in [2.24, 2.45) is 0 Å². The summed E-state index contributed by atoms with van der Waals surface area (Å²) in [6, 6.07) is 6.66. The third-order valence-electron chi connectivity index (χ3n) is 3.00. The lowest BCUT2D eigenvalue weighted by Gasteiger charge is -1.99. The van der Waals surface area contributed by atoms with Gasteiger partial charge in [-0.15, -0.1) is 0 Å². The number of aromatic nitrogens is 2. The molecule has 0 saturated heterocycles. The summed E-state index contributed by atoms with van der Waals surface area (Å²) in [7, 11) is 0. The highest BCUT2D eigenvalue weighted by Crippen LogP contribution is 2.24. The van der Waals surface area contributed by atoms with Gasteiger partial charge in [0.2, 0.25) is 0 Å². The number of nitrogens with zero attached hydrogens (tertiary/aromatic N) is 2.